The first-order chi connectivity index (χ1) is 26.6. The van der Waals surface area contributed by atoms with Crippen LogP contribution in [0.3, 0.4) is 0 Å². The van der Waals surface area contributed by atoms with Crippen LogP contribution in [0.25, 0.3) is 98.4 Å². The Bertz CT molecular complexity index is 3210. The molecular formula is C46H28O. The van der Waals surface area contributed by atoms with E-state index in [1.807, 2.05) is 91.0 Å². The van der Waals surface area contributed by atoms with Crippen molar-refractivity contribution in [1.82, 2.24) is 0 Å². The number of benzene rings is 9. The van der Waals surface area contributed by atoms with Gasteiger partial charge in [0.25, 0.3) is 0 Å². The molecule has 0 amide bonds. The van der Waals surface area contributed by atoms with Crippen LogP contribution < -0.4 is 0 Å². The van der Waals surface area contributed by atoms with Crippen molar-refractivity contribution < 1.29 is 15.4 Å². The molecule has 10 rings (SSSR count). The van der Waals surface area contributed by atoms with Crippen molar-refractivity contribution in [3.05, 3.63) is 170 Å². The Labute approximate surface area is 283 Å². The lowest BCUT2D eigenvalue weighted by atomic mass is 9.85. The normalized spacial score (nSPS) is 14.2. The molecule has 0 aliphatic carbocycles. The third-order valence-electron chi connectivity index (χ3n) is 9.28. The van der Waals surface area contributed by atoms with Gasteiger partial charge >= 0.3 is 0 Å². The molecule has 1 nitrogen and oxygen atoms in total. The van der Waals surface area contributed by atoms with E-state index in [0.29, 0.717) is 33.4 Å². The highest BCUT2D eigenvalue weighted by atomic mass is 16.3. The van der Waals surface area contributed by atoms with Gasteiger partial charge in [0.2, 0.25) is 0 Å². The second-order valence-electron chi connectivity index (χ2n) is 11.9. The van der Waals surface area contributed by atoms with E-state index >= 15 is 0 Å². The van der Waals surface area contributed by atoms with Gasteiger partial charge in [-0.15, -0.1) is 0 Å². The number of hydrogen-bond donors (Lipinski definition) is 0. The van der Waals surface area contributed by atoms with E-state index in [1.54, 1.807) is 6.07 Å². The van der Waals surface area contributed by atoms with E-state index in [-0.39, 0.29) is 45.7 Å². The number of furan rings is 1. The first kappa shape index (κ1) is 19.4. The minimum atomic E-state index is -0.433. The van der Waals surface area contributed by atoms with Crippen molar-refractivity contribution in [1.29, 1.82) is 0 Å². The van der Waals surface area contributed by atoms with Crippen LogP contribution in [0.4, 0.5) is 0 Å². The summed E-state index contributed by atoms with van der Waals surface area (Å²) in [7, 11) is 0. The molecule has 1 heterocycles. The van der Waals surface area contributed by atoms with E-state index in [2.05, 4.69) is 24.3 Å². The van der Waals surface area contributed by atoms with Crippen LogP contribution in [0.1, 0.15) is 11.0 Å². The molecule has 0 saturated heterocycles. The lowest BCUT2D eigenvalue weighted by Gasteiger charge is -2.18. The largest absolute Gasteiger partial charge is 0.456 e. The van der Waals surface area contributed by atoms with E-state index in [1.165, 1.54) is 0 Å². The Kier molecular flexibility index (Phi) is 4.19. The van der Waals surface area contributed by atoms with Crippen LogP contribution in [0.5, 0.6) is 0 Å². The molecule has 47 heavy (non-hydrogen) atoms. The minimum absolute atomic E-state index is 0.175. The smallest absolute Gasteiger partial charge is 0.136 e. The van der Waals surface area contributed by atoms with Crippen LogP contribution >= 0.6 is 0 Å². The van der Waals surface area contributed by atoms with E-state index in [4.69, 9.17) is 9.90 Å². The fraction of sp³-hybridized carbons (Fsp3) is 0. The maximum atomic E-state index is 9.35. The van der Waals surface area contributed by atoms with Gasteiger partial charge in [0.1, 0.15) is 11.2 Å². The summed E-state index contributed by atoms with van der Waals surface area (Å²) in [5.74, 6) is 0. The standard InChI is InChI=1S/C46H28O/c1-2-12-33-28-44-42(26-32(33)11-1)41-27-34(24-25-43(41)47-44)46-39-17-7-5-15-37(39)45(38-16-6-8-18-40(38)46)31-22-20-30(21-23-31)36-19-9-13-29-10-3-4-14-35(29)36/h1-28H/i5D,6D,7D,8D,15D,16D,17D,18D. The molecule has 0 saturated carbocycles. The van der Waals surface area contributed by atoms with Crippen LogP contribution in [-0.2, 0) is 0 Å². The van der Waals surface area contributed by atoms with Gasteiger partial charge in [0, 0.05) is 10.8 Å². The summed E-state index contributed by atoms with van der Waals surface area (Å²) in [6.45, 7) is 0. The molecule has 0 aliphatic heterocycles. The first-order valence-corrected chi connectivity index (χ1v) is 15.5. The van der Waals surface area contributed by atoms with E-state index in [9.17, 15) is 5.48 Å². The summed E-state index contributed by atoms with van der Waals surface area (Å²) in [4.78, 5) is 0. The maximum absolute atomic E-state index is 9.35. The van der Waals surface area contributed by atoms with Crippen molar-refractivity contribution >= 4 is 65.0 Å². The molecule has 0 atom stereocenters. The van der Waals surface area contributed by atoms with Gasteiger partial charge in [0.15, 0.2) is 0 Å². The Morgan fingerprint density at radius 2 is 0.894 bits per heavy atom. The average molecular weight is 605 g/mol. The van der Waals surface area contributed by atoms with Gasteiger partial charge in [-0.1, -0.05) is 145 Å². The minimum Gasteiger partial charge on any atom is -0.456 e. The van der Waals surface area contributed by atoms with Crippen molar-refractivity contribution in [3.63, 3.8) is 0 Å². The molecule has 0 unspecified atom stereocenters. The molecule has 10 aromatic rings. The molecule has 1 heteroatoms. The molecule has 0 spiro atoms. The third kappa shape index (κ3) is 4.03. The SMILES string of the molecule is [2H]c1c([2H])c([2H])c2c(-c3ccc4oc5cc6ccccc6cc5c4c3)c3c([2H])c([2H])c([2H])c([2H])c3c(-c3ccc(-c4cccc5ccccc45)cc3)c2c1[2H]. The van der Waals surface area contributed by atoms with Gasteiger partial charge in [0.05, 0.1) is 11.0 Å². The lowest BCUT2D eigenvalue weighted by Crippen LogP contribution is -1.91. The molecule has 0 fully saturated rings. The molecule has 0 bridgehead atoms. The predicted octanol–water partition coefficient (Wildman–Crippen LogP) is 13.2. The predicted molar refractivity (Wildman–Crippen MR) is 200 cm³/mol. The van der Waals surface area contributed by atoms with Gasteiger partial charge in [-0.2, -0.15) is 0 Å². The number of rotatable bonds is 3. The highest BCUT2D eigenvalue weighted by molar-refractivity contribution is 6.22. The highest BCUT2D eigenvalue weighted by Gasteiger charge is 2.18. The summed E-state index contributed by atoms with van der Waals surface area (Å²) in [5, 5.41) is 6.57. The van der Waals surface area contributed by atoms with Crippen molar-refractivity contribution in [2.45, 2.75) is 0 Å². The molecule has 0 N–H and O–H groups in total. The van der Waals surface area contributed by atoms with Crippen molar-refractivity contribution in [2.24, 2.45) is 0 Å². The fourth-order valence-corrected chi connectivity index (χ4v) is 7.11. The highest BCUT2D eigenvalue weighted by Crippen LogP contribution is 2.45. The van der Waals surface area contributed by atoms with E-state index < -0.39 is 24.2 Å². The van der Waals surface area contributed by atoms with Crippen LogP contribution in [0, 0.1) is 0 Å². The van der Waals surface area contributed by atoms with Crippen LogP contribution in [-0.4, -0.2) is 0 Å². The number of hydrogen-bond acceptors (Lipinski definition) is 1. The first-order valence-electron chi connectivity index (χ1n) is 19.5. The topological polar surface area (TPSA) is 13.1 Å². The Hall–Kier alpha value is -6.18. The fourth-order valence-electron chi connectivity index (χ4n) is 7.11. The third-order valence-corrected chi connectivity index (χ3v) is 9.28. The quantitative estimate of drug-likeness (QED) is 0.183. The van der Waals surface area contributed by atoms with Gasteiger partial charge < -0.3 is 4.42 Å². The average Bonchev–Trinajstić information content (AvgIpc) is 3.57. The van der Waals surface area contributed by atoms with Gasteiger partial charge in [-0.05, 0) is 101 Å². The Balaban J connectivity index is 1.33. The molecule has 0 aliphatic rings. The second-order valence-corrected chi connectivity index (χ2v) is 11.9. The van der Waals surface area contributed by atoms with Crippen LogP contribution in [0.15, 0.2) is 174 Å². The number of fused-ring (bicyclic) bond motifs is 7. The summed E-state index contributed by atoms with van der Waals surface area (Å²) in [6, 6.07) is 36.5. The molecule has 218 valence electrons. The lowest BCUT2D eigenvalue weighted by molar-refractivity contribution is 0.669. The van der Waals surface area contributed by atoms with Crippen molar-refractivity contribution in [2.75, 3.05) is 0 Å². The second kappa shape index (κ2) is 10.2. The van der Waals surface area contributed by atoms with Crippen molar-refractivity contribution in [3.8, 4) is 33.4 Å². The zero-order valence-electron chi connectivity index (χ0n) is 33.0. The summed E-state index contributed by atoms with van der Waals surface area (Å²) in [5.41, 5.74) is 4.98. The summed E-state index contributed by atoms with van der Waals surface area (Å²) < 4.78 is 78.8. The molecular weight excluding hydrogens is 569 g/mol. The monoisotopic (exact) mass is 604 g/mol. The zero-order chi connectivity index (χ0) is 37.9. The summed E-state index contributed by atoms with van der Waals surface area (Å²) >= 11 is 0. The molecule has 0 radical (unpaired) electrons. The molecule has 1 aromatic heterocycles. The molecule has 9 aromatic carbocycles. The zero-order valence-corrected chi connectivity index (χ0v) is 25.0. The van der Waals surface area contributed by atoms with E-state index in [0.717, 1.165) is 43.4 Å². The van der Waals surface area contributed by atoms with Crippen LogP contribution in [0.2, 0.25) is 0 Å². The maximum Gasteiger partial charge on any atom is 0.136 e. The van der Waals surface area contributed by atoms with Gasteiger partial charge in [-0.25, -0.2) is 0 Å². The van der Waals surface area contributed by atoms with Gasteiger partial charge in [-0.3, -0.25) is 0 Å². The summed E-state index contributed by atoms with van der Waals surface area (Å²) in [6.07, 6.45) is 0. The Morgan fingerprint density at radius 1 is 0.362 bits per heavy atom. The Morgan fingerprint density at radius 3 is 1.60 bits per heavy atom.